The smallest absolute Gasteiger partial charge is 0.255 e. The van der Waals surface area contributed by atoms with Crippen LogP contribution in [0.15, 0.2) is 72.8 Å². The van der Waals surface area contributed by atoms with E-state index in [2.05, 4.69) is 10.6 Å². The topological polar surface area (TPSA) is 67.4 Å². The molecule has 0 fully saturated rings. The number of anilines is 1. The lowest BCUT2D eigenvalue weighted by Gasteiger charge is -2.11. The van der Waals surface area contributed by atoms with Gasteiger partial charge in [-0.2, -0.15) is 0 Å². The van der Waals surface area contributed by atoms with Crippen molar-refractivity contribution in [3.05, 3.63) is 95.1 Å². The third-order valence-electron chi connectivity index (χ3n) is 4.65. The number of carbonyl (C=O) groups is 2. The summed E-state index contributed by atoms with van der Waals surface area (Å²) in [7, 11) is 1.61. The van der Waals surface area contributed by atoms with Crippen LogP contribution in [0.1, 0.15) is 38.8 Å². The highest BCUT2D eigenvalue weighted by molar-refractivity contribution is 6.06. The van der Waals surface area contributed by atoms with Gasteiger partial charge in [0.15, 0.2) is 0 Å². The molecule has 3 aromatic carbocycles. The minimum Gasteiger partial charge on any atom is -0.497 e. The van der Waals surface area contributed by atoms with E-state index < -0.39 is 0 Å². The van der Waals surface area contributed by atoms with Crippen LogP contribution < -0.4 is 15.4 Å². The van der Waals surface area contributed by atoms with Crippen LogP contribution in [0.3, 0.4) is 0 Å². The Labute approximate surface area is 170 Å². The summed E-state index contributed by atoms with van der Waals surface area (Å²) in [4.78, 5) is 25.1. The molecule has 0 aliphatic rings. The van der Waals surface area contributed by atoms with Crippen LogP contribution >= 0.6 is 0 Å². The summed E-state index contributed by atoms with van der Waals surface area (Å²) in [5.41, 5.74) is 3.69. The van der Waals surface area contributed by atoms with Crippen molar-refractivity contribution < 1.29 is 14.3 Å². The molecule has 0 saturated heterocycles. The van der Waals surface area contributed by atoms with E-state index in [1.54, 1.807) is 31.4 Å². The Hall–Kier alpha value is -3.60. The van der Waals surface area contributed by atoms with Crippen LogP contribution in [0.5, 0.6) is 5.75 Å². The Morgan fingerprint density at radius 1 is 0.862 bits per heavy atom. The van der Waals surface area contributed by atoms with E-state index >= 15 is 0 Å². The molecule has 0 saturated carbocycles. The van der Waals surface area contributed by atoms with Gasteiger partial charge in [0.25, 0.3) is 11.8 Å². The molecule has 0 spiro atoms. The Balaban J connectivity index is 1.66. The van der Waals surface area contributed by atoms with E-state index in [4.69, 9.17) is 4.74 Å². The Bertz CT molecular complexity index is 997. The number of amides is 2. The molecule has 2 N–H and O–H groups in total. The van der Waals surface area contributed by atoms with E-state index in [0.29, 0.717) is 17.7 Å². The minimum atomic E-state index is -0.240. The number of rotatable bonds is 7. The highest BCUT2D eigenvalue weighted by Crippen LogP contribution is 2.17. The molecule has 0 bridgehead atoms. The van der Waals surface area contributed by atoms with E-state index in [0.717, 1.165) is 29.0 Å². The molecule has 3 aromatic rings. The first-order valence-corrected chi connectivity index (χ1v) is 9.51. The number of ether oxygens (including phenoxy) is 1. The normalized spacial score (nSPS) is 10.3. The monoisotopic (exact) mass is 388 g/mol. The predicted octanol–water partition coefficient (Wildman–Crippen LogP) is 4.44. The van der Waals surface area contributed by atoms with Gasteiger partial charge in [0.1, 0.15) is 5.75 Å². The highest BCUT2D eigenvalue weighted by atomic mass is 16.5. The van der Waals surface area contributed by atoms with Gasteiger partial charge in [-0.1, -0.05) is 43.3 Å². The maximum atomic E-state index is 12.6. The Morgan fingerprint density at radius 3 is 2.24 bits per heavy atom. The zero-order chi connectivity index (χ0) is 20.6. The van der Waals surface area contributed by atoms with Crippen molar-refractivity contribution in [3.63, 3.8) is 0 Å². The minimum absolute atomic E-state index is 0.232. The zero-order valence-corrected chi connectivity index (χ0v) is 16.6. The van der Waals surface area contributed by atoms with Gasteiger partial charge in [-0.3, -0.25) is 9.59 Å². The molecule has 5 nitrogen and oxygen atoms in total. The number of para-hydroxylation sites is 1. The molecule has 0 radical (unpaired) electrons. The molecule has 0 aliphatic carbocycles. The standard InChI is InChI=1S/C24H24N2O3/c1-3-18-7-4-5-10-22(18)26-24(28)20-9-6-8-19(15-20)23(27)25-16-17-11-13-21(29-2)14-12-17/h4-15H,3,16H2,1-2H3,(H,25,27)(H,26,28). The molecular formula is C24H24N2O3. The van der Waals surface area contributed by atoms with Gasteiger partial charge in [0, 0.05) is 23.4 Å². The van der Waals surface area contributed by atoms with E-state index in [9.17, 15) is 9.59 Å². The first-order chi connectivity index (χ1) is 14.1. The first kappa shape index (κ1) is 20.1. The van der Waals surface area contributed by atoms with Gasteiger partial charge in [-0.15, -0.1) is 0 Å². The van der Waals surface area contributed by atoms with Gasteiger partial charge in [0.2, 0.25) is 0 Å². The van der Waals surface area contributed by atoms with Gasteiger partial charge >= 0.3 is 0 Å². The average molecular weight is 388 g/mol. The van der Waals surface area contributed by atoms with Gasteiger partial charge in [-0.25, -0.2) is 0 Å². The summed E-state index contributed by atoms with van der Waals surface area (Å²) < 4.78 is 5.13. The van der Waals surface area contributed by atoms with Crippen LogP contribution in [-0.4, -0.2) is 18.9 Å². The largest absolute Gasteiger partial charge is 0.497 e. The molecule has 148 valence electrons. The van der Waals surface area contributed by atoms with Crippen LogP contribution in [0.25, 0.3) is 0 Å². The second-order valence-electron chi connectivity index (χ2n) is 6.58. The van der Waals surface area contributed by atoms with Crippen LogP contribution in [0.2, 0.25) is 0 Å². The summed E-state index contributed by atoms with van der Waals surface area (Å²) >= 11 is 0. The zero-order valence-electron chi connectivity index (χ0n) is 16.6. The summed E-state index contributed by atoms with van der Waals surface area (Å²) in [5, 5.41) is 5.81. The quantitative estimate of drug-likeness (QED) is 0.629. The third kappa shape index (κ3) is 5.23. The molecule has 0 heterocycles. The molecule has 0 unspecified atom stereocenters. The van der Waals surface area contributed by atoms with E-state index in [1.165, 1.54) is 0 Å². The number of hydrogen-bond acceptors (Lipinski definition) is 3. The lowest BCUT2D eigenvalue weighted by Crippen LogP contribution is -2.23. The lowest BCUT2D eigenvalue weighted by atomic mass is 10.1. The molecule has 0 aliphatic heterocycles. The number of methoxy groups -OCH3 is 1. The van der Waals surface area contributed by atoms with Crippen molar-refractivity contribution in [3.8, 4) is 5.75 Å². The fraction of sp³-hybridized carbons (Fsp3) is 0.167. The maximum absolute atomic E-state index is 12.6. The van der Waals surface area contributed by atoms with Gasteiger partial charge < -0.3 is 15.4 Å². The average Bonchev–Trinajstić information content (AvgIpc) is 2.78. The van der Waals surface area contributed by atoms with Crippen molar-refractivity contribution in [2.24, 2.45) is 0 Å². The summed E-state index contributed by atoms with van der Waals surface area (Å²) in [6, 6.07) is 21.9. The number of hydrogen-bond donors (Lipinski definition) is 2. The number of benzene rings is 3. The molecule has 2 amide bonds. The second kappa shape index (κ2) is 9.55. The third-order valence-corrected chi connectivity index (χ3v) is 4.65. The Kier molecular flexibility index (Phi) is 6.63. The van der Waals surface area contributed by atoms with Crippen molar-refractivity contribution in [2.75, 3.05) is 12.4 Å². The SMILES string of the molecule is CCc1ccccc1NC(=O)c1cccc(C(=O)NCc2ccc(OC)cc2)c1. The Morgan fingerprint density at radius 2 is 1.55 bits per heavy atom. The van der Waals surface area contributed by atoms with Crippen LogP contribution in [0.4, 0.5) is 5.69 Å². The first-order valence-electron chi connectivity index (χ1n) is 9.51. The van der Waals surface area contributed by atoms with Crippen molar-refractivity contribution in [1.29, 1.82) is 0 Å². The maximum Gasteiger partial charge on any atom is 0.255 e. The van der Waals surface area contributed by atoms with Crippen molar-refractivity contribution in [1.82, 2.24) is 5.32 Å². The van der Waals surface area contributed by atoms with E-state index in [1.807, 2.05) is 55.5 Å². The molecule has 0 aromatic heterocycles. The number of nitrogens with one attached hydrogen (secondary N) is 2. The molecule has 3 rings (SSSR count). The van der Waals surface area contributed by atoms with Crippen LogP contribution in [-0.2, 0) is 13.0 Å². The number of aryl methyl sites for hydroxylation is 1. The van der Waals surface area contributed by atoms with Gasteiger partial charge in [-0.05, 0) is 53.9 Å². The summed E-state index contributed by atoms with van der Waals surface area (Å²) in [6.07, 6.45) is 0.824. The predicted molar refractivity (Wildman–Crippen MR) is 114 cm³/mol. The molecular weight excluding hydrogens is 364 g/mol. The van der Waals surface area contributed by atoms with Crippen LogP contribution in [0, 0.1) is 0 Å². The van der Waals surface area contributed by atoms with E-state index in [-0.39, 0.29) is 11.8 Å². The fourth-order valence-corrected chi connectivity index (χ4v) is 2.97. The second-order valence-corrected chi connectivity index (χ2v) is 6.58. The number of carbonyl (C=O) groups excluding carboxylic acids is 2. The summed E-state index contributed by atoms with van der Waals surface area (Å²) in [6.45, 7) is 2.43. The fourth-order valence-electron chi connectivity index (χ4n) is 2.97. The molecule has 0 atom stereocenters. The molecule has 5 heteroatoms. The molecule has 29 heavy (non-hydrogen) atoms. The highest BCUT2D eigenvalue weighted by Gasteiger charge is 2.12. The lowest BCUT2D eigenvalue weighted by molar-refractivity contribution is 0.0951. The van der Waals surface area contributed by atoms with Gasteiger partial charge in [0.05, 0.1) is 7.11 Å². The van der Waals surface area contributed by atoms with Crippen molar-refractivity contribution in [2.45, 2.75) is 19.9 Å². The summed E-state index contributed by atoms with van der Waals surface area (Å²) in [5.74, 6) is 0.295. The van der Waals surface area contributed by atoms with Crippen molar-refractivity contribution >= 4 is 17.5 Å².